The standard InChI is InChI=1S/C21H16N4O2S/c1-15-5-8-17(20-14-25-11-3-2-4-21(25)23-20)12-19(15)24-28(26,27)18-9-6-16(13-22)7-10-18/h2-12,14,24H,1H3. The van der Waals surface area contributed by atoms with E-state index in [0.717, 1.165) is 22.5 Å². The Labute approximate surface area is 162 Å². The SMILES string of the molecule is Cc1ccc(-c2cn3ccccc3n2)cc1NS(=O)(=O)c1ccc(C#N)cc1. The molecule has 0 bridgehead atoms. The molecule has 2 aromatic heterocycles. The van der Waals surface area contributed by atoms with Crippen LogP contribution in [0.25, 0.3) is 16.9 Å². The molecule has 2 aromatic carbocycles. The molecule has 0 spiro atoms. The Morgan fingerprint density at radius 3 is 2.57 bits per heavy atom. The molecule has 0 unspecified atom stereocenters. The summed E-state index contributed by atoms with van der Waals surface area (Å²) in [6, 6.07) is 19.1. The first-order valence-electron chi connectivity index (χ1n) is 8.54. The first-order chi connectivity index (χ1) is 13.5. The zero-order valence-electron chi connectivity index (χ0n) is 15.0. The fourth-order valence-electron chi connectivity index (χ4n) is 2.88. The highest BCUT2D eigenvalue weighted by molar-refractivity contribution is 7.92. The molecule has 0 aliphatic carbocycles. The molecule has 2 heterocycles. The molecule has 0 radical (unpaired) electrons. The van der Waals surface area contributed by atoms with Gasteiger partial charge in [0, 0.05) is 18.0 Å². The summed E-state index contributed by atoms with van der Waals surface area (Å²) in [7, 11) is -3.77. The quantitative estimate of drug-likeness (QED) is 0.573. The van der Waals surface area contributed by atoms with Crippen LogP contribution in [-0.2, 0) is 10.0 Å². The monoisotopic (exact) mass is 388 g/mol. The van der Waals surface area contributed by atoms with Crippen molar-refractivity contribution in [1.29, 1.82) is 5.26 Å². The highest BCUT2D eigenvalue weighted by Gasteiger charge is 2.16. The van der Waals surface area contributed by atoms with Crippen molar-refractivity contribution in [2.24, 2.45) is 0 Å². The lowest BCUT2D eigenvalue weighted by atomic mass is 10.1. The van der Waals surface area contributed by atoms with Crippen LogP contribution in [0.1, 0.15) is 11.1 Å². The van der Waals surface area contributed by atoms with Crippen molar-refractivity contribution in [1.82, 2.24) is 9.38 Å². The molecule has 0 saturated heterocycles. The van der Waals surface area contributed by atoms with Crippen LogP contribution in [0, 0.1) is 18.3 Å². The van der Waals surface area contributed by atoms with Crippen LogP contribution in [0.3, 0.4) is 0 Å². The van der Waals surface area contributed by atoms with Crippen molar-refractivity contribution in [2.75, 3.05) is 4.72 Å². The zero-order valence-corrected chi connectivity index (χ0v) is 15.8. The van der Waals surface area contributed by atoms with Gasteiger partial charge in [-0.2, -0.15) is 5.26 Å². The Hall–Kier alpha value is -3.63. The molecule has 4 aromatic rings. The summed E-state index contributed by atoms with van der Waals surface area (Å²) in [5.41, 5.74) is 4.07. The Morgan fingerprint density at radius 1 is 1.07 bits per heavy atom. The van der Waals surface area contributed by atoms with Crippen LogP contribution in [-0.4, -0.2) is 17.8 Å². The number of nitrogens with zero attached hydrogens (tertiary/aromatic N) is 3. The van der Waals surface area contributed by atoms with E-state index in [4.69, 9.17) is 5.26 Å². The van der Waals surface area contributed by atoms with E-state index in [1.807, 2.05) is 60.1 Å². The second kappa shape index (κ2) is 6.83. The van der Waals surface area contributed by atoms with Gasteiger partial charge in [0.1, 0.15) is 5.65 Å². The maximum atomic E-state index is 12.7. The van der Waals surface area contributed by atoms with Gasteiger partial charge in [-0.05, 0) is 55.0 Å². The molecule has 1 N–H and O–H groups in total. The summed E-state index contributed by atoms with van der Waals surface area (Å²) in [6.45, 7) is 1.84. The molecule has 4 rings (SSSR count). The van der Waals surface area contributed by atoms with Gasteiger partial charge in [-0.1, -0.05) is 18.2 Å². The van der Waals surface area contributed by atoms with Gasteiger partial charge in [0.25, 0.3) is 10.0 Å². The van der Waals surface area contributed by atoms with E-state index < -0.39 is 10.0 Å². The molecule has 0 saturated carbocycles. The third-order valence-corrected chi connectivity index (χ3v) is 5.82. The molecular formula is C21H16N4O2S. The molecule has 6 nitrogen and oxygen atoms in total. The predicted octanol–water partition coefficient (Wildman–Crippen LogP) is 3.98. The van der Waals surface area contributed by atoms with Gasteiger partial charge in [0.2, 0.25) is 0 Å². The van der Waals surface area contributed by atoms with Crippen LogP contribution < -0.4 is 4.72 Å². The van der Waals surface area contributed by atoms with Gasteiger partial charge in [-0.3, -0.25) is 4.72 Å². The molecule has 28 heavy (non-hydrogen) atoms. The normalized spacial score (nSPS) is 11.3. The van der Waals surface area contributed by atoms with E-state index in [1.54, 1.807) is 6.07 Å². The van der Waals surface area contributed by atoms with E-state index >= 15 is 0 Å². The number of aryl methyl sites for hydroxylation is 1. The Balaban J connectivity index is 1.69. The zero-order chi connectivity index (χ0) is 19.7. The molecule has 138 valence electrons. The van der Waals surface area contributed by atoms with Crippen LogP contribution in [0.15, 0.2) is 78.0 Å². The third kappa shape index (κ3) is 3.33. The molecule has 0 fully saturated rings. The smallest absolute Gasteiger partial charge is 0.261 e. The van der Waals surface area contributed by atoms with Crippen LogP contribution in [0.4, 0.5) is 5.69 Å². The second-order valence-electron chi connectivity index (χ2n) is 6.36. The largest absolute Gasteiger partial charge is 0.306 e. The topological polar surface area (TPSA) is 87.3 Å². The average molecular weight is 388 g/mol. The number of rotatable bonds is 4. The van der Waals surface area contributed by atoms with Crippen molar-refractivity contribution in [3.8, 4) is 17.3 Å². The van der Waals surface area contributed by atoms with Crippen LogP contribution >= 0.6 is 0 Å². The van der Waals surface area contributed by atoms with Gasteiger partial charge in [0.05, 0.1) is 27.9 Å². The second-order valence-corrected chi connectivity index (χ2v) is 8.05. The average Bonchev–Trinajstić information content (AvgIpc) is 3.14. The number of nitriles is 1. The lowest BCUT2D eigenvalue weighted by molar-refractivity contribution is 0.601. The molecule has 0 amide bonds. The number of hydrogen-bond acceptors (Lipinski definition) is 4. The summed E-state index contributed by atoms with van der Waals surface area (Å²) >= 11 is 0. The summed E-state index contributed by atoms with van der Waals surface area (Å²) in [4.78, 5) is 4.68. The summed E-state index contributed by atoms with van der Waals surface area (Å²) in [5, 5.41) is 8.87. The fraction of sp³-hybridized carbons (Fsp3) is 0.0476. The minimum Gasteiger partial charge on any atom is -0.306 e. The van der Waals surface area contributed by atoms with Crippen molar-refractivity contribution < 1.29 is 8.42 Å². The van der Waals surface area contributed by atoms with E-state index in [0.29, 0.717) is 11.3 Å². The molecule has 7 heteroatoms. The van der Waals surface area contributed by atoms with Crippen molar-refractivity contribution in [3.05, 3.63) is 84.2 Å². The van der Waals surface area contributed by atoms with E-state index in [9.17, 15) is 8.42 Å². The lowest BCUT2D eigenvalue weighted by Crippen LogP contribution is -2.13. The highest BCUT2D eigenvalue weighted by atomic mass is 32.2. The number of benzene rings is 2. The van der Waals surface area contributed by atoms with Gasteiger partial charge >= 0.3 is 0 Å². The Morgan fingerprint density at radius 2 is 1.86 bits per heavy atom. The number of hydrogen-bond donors (Lipinski definition) is 1. The van der Waals surface area contributed by atoms with E-state index in [-0.39, 0.29) is 4.90 Å². The Kier molecular flexibility index (Phi) is 4.34. The van der Waals surface area contributed by atoms with Crippen LogP contribution in [0.2, 0.25) is 0 Å². The number of anilines is 1. The highest BCUT2D eigenvalue weighted by Crippen LogP contribution is 2.27. The maximum Gasteiger partial charge on any atom is 0.261 e. The third-order valence-electron chi connectivity index (χ3n) is 4.44. The van der Waals surface area contributed by atoms with E-state index in [1.165, 1.54) is 24.3 Å². The maximum absolute atomic E-state index is 12.7. The van der Waals surface area contributed by atoms with Crippen molar-refractivity contribution in [3.63, 3.8) is 0 Å². The van der Waals surface area contributed by atoms with Crippen molar-refractivity contribution >= 4 is 21.4 Å². The Bertz CT molecular complexity index is 1280. The lowest BCUT2D eigenvalue weighted by Gasteiger charge is -2.12. The summed E-state index contributed by atoms with van der Waals surface area (Å²) < 4.78 is 30.0. The minimum absolute atomic E-state index is 0.101. The summed E-state index contributed by atoms with van der Waals surface area (Å²) in [6.07, 6.45) is 3.81. The number of pyridine rings is 1. The predicted molar refractivity (Wildman–Crippen MR) is 107 cm³/mol. The van der Waals surface area contributed by atoms with Crippen LogP contribution in [0.5, 0.6) is 0 Å². The number of nitrogens with one attached hydrogen (secondary N) is 1. The first kappa shape index (κ1) is 17.8. The fourth-order valence-corrected chi connectivity index (χ4v) is 4.00. The molecule has 0 aliphatic heterocycles. The number of imidazole rings is 1. The number of aromatic nitrogens is 2. The van der Waals surface area contributed by atoms with Gasteiger partial charge in [0.15, 0.2) is 0 Å². The summed E-state index contributed by atoms with van der Waals surface area (Å²) in [5.74, 6) is 0. The minimum atomic E-state index is -3.77. The number of fused-ring (bicyclic) bond motifs is 1. The molecular weight excluding hydrogens is 372 g/mol. The van der Waals surface area contributed by atoms with Gasteiger partial charge in [-0.15, -0.1) is 0 Å². The molecule has 0 atom stereocenters. The first-order valence-corrected chi connectivity index (χ1v) is 10.0. The molecule has 0 aliphatic rings. The van der Waals surface area contributed by atoms with E-state index in [2.05, 4.69) is 9.71 Å². The number of sulfonamides is 1. The van der Waals surface area contributed by atoms with Gasteiger partial charge < -0.3 is 4.40 Å². The van der Waals surface area contributed by atoms with Gasteiger partial charge in [-0.25, -0.2) is 13.4 Å². The van der Waals surface area contributed by atoms with Crippen molar-refractivity contribution in [2.45, 2.75) is 11.8 Å².